The first-order valence-corrected chi connectivity index (χ1v) is 7.13. The van der Waals surface area contributed by atoms with Crippen LogP contribution in [0.4, 0.5) is 13.2 Å². The Morgan fingerprint density at radius 2 is 2.17 bits per heavy atom. The van der Waals surface area contributed by atoms with Gasteiger partial charge in [0.25, 0.3) is 5.91 Å². The van der Waals surface area contributed by atoms with Crippen LogP contribution in [0.3, 0.4) is 0 Å². The number of nitrogens with one attached hydrogen (secondary N) is 1. The van der Waals surface area contributed by atoms with Crippen molar-refractivity contribution >= 4 is 23.2 Å². The zero-order chi connectivity index (χ0) is 17.2. The van der Waals surface area contributed by atoms with E-state index in [1.165, 1.54) is 12.3 Å². The molecule has 1 unspecified atom stereocenters. The van der Waals surface area contributed by atoms with Crippen LogP contribution >= 0.6 is 11.3 Å². The number of aromatic nitrogens is 3. The van der Waals surface area contributed by atoms with Crippen LogP contribution in [0, 0.1) is 0 Å². The van der Waals surface area contributed by atoms with Crippen LogP contribution in [0.15, 0.2) is 17.6 Å². The Morgan fingerprint density at radius 3 is 2.74 bits per heavy atom. The molecule has 11 heteroatoms. The van der Waals surface area contributed by atoms with Gasteiger partial charge in [0.15, 0.2) is 5.69 Å². The van der Waals surface area contributed by atoms with Gasteiger partial charge in [-0.25, -0.2) is 4.68 Å². The predicted octanol–water partition coefficient (Wildman–Crippen LogP) is 1.93. The van der Waals surface area contributed by atoms with E-state index in [4.69, 9.17) is 5.11 Å². The molecule has 0 aliphatic carbocycles. The molecule has 0 aliphatic rings. The van der Waals surface area contributed by atoms with Crippen LogP contribution in [0.25, 0.3) is 0 Å². The van der Waals surface area contributed by atoms with E-state index in [2.05, 4.69) is 15.6 Å². The molecule has 0 bridgehead atoms. The second-order valence-corrected chi connectivity index (χ2v) is 5.54. The number of thiophene rings is 1. The van der Waals surface area contributed by atoms with Gasteiger partial charge < -0.3 is 10.4 Å². The molecule has 7 nitrogen and oxygen atoms in total. The molecule has 1 amide bonds. The number of aliphatic carboxylic acids is 1. The van der Waals surface area contributed by atoms with E-state index in [-0.39, 0.29) is 5.69 Å². The summed E-state index contributed by atoms with van der Waals surface area (Å²) in [6.45, 7) is 1.08. The highest BCUT2D eigenvalue weighted by atomic mass is 32.1. The van der Waals surface area contributed by atoms with E-state index in [0.29, 0.717) is 16.9 Å². The lowest BCUT2D eigenvalue weighted by molar-refractivity contribution is -0.138. The SMILES string of the molecule is CC(NC(=O)c1cn(CC(=O)O)nn1)c1csc(C(F)(F)F)c1. The maximum Gasteiger partial charge on any atom is 0.425 e. The molecule has 2 N–H and O–H groups in total. The Bertz CT molecular complexity index is 725. The quantitative estimate of drug-likeness (QED) is 0.861. The summed E-state index contributed by atoms with van der Waals surface area (Å²) in [5, 5.41) is 19.4. The zero-order valence-electron chi connectivity index (χ0n) is 11.7. The molecule has 0 aliphatic heterocycles. The van der Waals surface area contributed by atoms with E-state index < -0.39 is 35.5 Å². The van der Waals surface area contributed by atoms with Gasteiger partial charge in [-0.15, -0.1) is 16.4 Å². The van der Waals surface area contributed by atoms with Crippen molar-refractivity contribution in [2.75, 3.05) is 0 Å². The number of hydrogen-bond acceptors (Lipinski definition) is 5. The third kappa shape index (κ3) is 4.28. The minimum absolute atomic E-state index is 0.121. The smallest absolute Gasteiger partial charge is 0.425 e. The van der Waals surface area contributed by atoms with Crippen molar-refractivity contribution < 1.29 is 27.9 Å². The highest BCUT2D eigenvalue weighted by Gasteiger charge is 2.33. The number of amides is 1. The second-order valence-electron chi connectivity index (χ2n) is 4.63. The molecule has 2 aromatic heterocycles. The molecule has 2 heterocycles. The minimum Gasteiger partial charge on any atom is -0.480 e. The molecule has 0 radical (unpaired) electrons. The van der Waals surface area contributed by atoms with Crippen LogP contribution in [0.1, 0.15) is 33.9 Å². The largest absolute Gasteiger partial charge is 0.480 e. The van der Waals surface area contributed by atoms with Crippen LogP contribution in [0.2, 0.25) is 0 Å². The van der Waals surface area contributed by atoms with Crippen molar-refractivity contribution in [3.05, 3.63) is 33.8 Å². The van der Waals surface area contributed by atoms with Gasteiger partial charge in [0.05, 0.1) is 12.2 Å². The lowest BCUT2D eigenvalue weighted by Crippen LogP contribution is -2.26. The van der Waals surface area contributed by atoms with Gasteiger partial charge >= 0.3 is 12.1 Å². The molecule has 2 rings (SSSR count). The van der Waals surface area contributed by atoms with Gasteiger partial charge in [-0.3, -0.25) is 9.59 Å². The Labute approximate surface area is 131 Å². The summed E-state index contributed by atoms with van der Waals surface area (Å²) in [6.07, 6.45) is -3.28. The van der Waals surface area contributed by atoms with Gasteiger partial charge in [0.2, 0.25) is 0 Å². The summed E-state index contributed by atoms with van der Waals surface area (Å²) in [5.74, 6) is -1.80. The maximum atomic E-state index is 12.6. The number of carboxylic acids is 1. The fourth-order valence-corrected chi connectivity index (χ4v) is 2.57. The first-order chi connectivity index (χ1) is 10.7. The van der Waals surface area contributed by atoms with Crippen molar-refractivity contribution in [1.29, 1.82) is 0 Å². The standard InChI is InChI=1S/C12H11F3N4O3S/c1-6(7-2-9(23-5-7)12(13,14)15)16-11(22)8-3-19(18-17-8)4-10(20)21/h2-3,5-6H,4H2,1H3,(H,16,22)(H,20,21). The Morgan fingerprint density at radius 1 is 1.48 bits per heavy atom. The Balaban J connectivity index is 2.03. The number of nitrogens with zero attached hydrogens (tertiary/aromatic N) is 3. The average molecular weight is 348 g/mol. The van der Waals surface area contributed by atoms with Crippen molar-refractivity contribution in [2.24, 2.45) is 0 Å². The molecular formula is C12H11F3N4O3S. The molecule has 0 saturated carbocycles. The van der Waals surface area contributed by atoms with Crippen LogP contribution in [-0.4, -0.2) is 32.0 Å². The number of carbonyl (C=O) groups is 2. The summed E-state index contributed by atoms with van der Waals surface area (Å²) in [4.78, 5) is 21.7. The molecule has 0 saturated heterocycles. The summed E-state index contributed by atoms with van der Waals surface area (Å²) in [5.41, 5.74) is 0.193. The molecular weight excluding hydrogens is 337 g/mol. The van der Waals surface area contributed by atoms with Crippen molar-refractivity contribution in [3.8, 4) is 0 Å². The fourth-order valence-electron chi connectivity index (χ4n) is 1.70. The summed E-state index contributed by atoms with van der Waals surface area (Å²) < 4.78 is 38.6. The number of carboxylic acid groups (broad SMARTS) is 1. The number of carbonyl (C=O) groups excluding carboxylic acids is 1. The van der Waals surface area contributed by atoms with Gasteiger partial charge in [-0.1, -0.05) is 5.21 Å². The molecule has 23 heavy (non-hydrogen) atoms. The van der Waals surface area contributed by atoms with Gasteiger partial charge in [-0.05, 0) is 23.9 Å². The number of alkyl halides is 3. The fraction of sp³-hybridized carbons (Fsp3) is 0.333. The van der Waals surface area contributed by atoms with Crippen LogP contribution in [-0.2, 0) is 17.5 Å². The van der Waals surface area contributed by atoms with E-state index in [0.717, 1.165) is 16.9 Å². The lowest BCUT2D eigenvalue weighted by atomic mass is 10.1. The van der Waals surface area contributed by atoms with Gasteiger partial charge in [0, 0.05) is 0 Å². The van der Waals surface area contributed by atoms with E-state index >= 15 is 0 Å². The normalized spacial score (nSPS) is 12.9. The molecule has 0 fully saturated rings. The third-order valence-electron chi connectivity index (χ3n) is 2.82. The maximum absolute atomic E-state index is 12.6. The van der Waals surface area contributed by atoms with Crippen molar-refractivity contribution in [2.45, 2.75) is 25.7 Å². The van der Waals surface area contributed by atoms with E-state index in [1.807, 2.05) is 0 Å². The first-order valence-electron chi connectivity index (χ1n) is 6.25. The summed E-state index contributed by atoms with van der Waals surface area (Å²) in [7, 11) is 0. The summed E-state index contributed by atoms with van der Waals surface area (Å²) >= 11 is 0.545. The number of rotatable bonds is 5. The Hall–Kier alpha value is -2.43. The molecule has 2 aromatic rings. The predicted molar refractivity (Wildman–Crippen MR) is 72.9 cm³/mol. The molecule has 0 aromatic carbocycles. The van der Waals surface area contributed by atoms with Gasteiger partial charge in [-0.2, -0.15) is 13.2 Å². The van der Waals surface area contributed by atoms with Crippen molar-refractivity contribution in [3.63, 3.8) is 0 Å². The first kappa shape index (κ1) is 16.9. The second kappa shape index (κ2) is 6.36. The highest BCUT2D eigenvalue weighted by molar-refractivity contribution is 7.10. The van der Waals surface area contributed by atoms with Gasteiger partial charge in [0.1, 0.15) is 11.4 Å². The third-order valence-corrected chi connectivity index (χ3v) is 3.81. The number of hydrogen-bond donors (Lipinski definition) is 2. The Kier molecular flexibility index (Phi) is 4.68. The monoisotopic (exact) mass is 348 g/mol. The van der Waals surface area contributed by atoms with Crippen LogP contribution in [0.5, 0.6) is 0 Å². The van der Waals surface area contributed by atoms with E-state index in [9.17, 15) is 22.8 Å². The molecule has 124 valence electrons. The van der Waals surface area contributed by atoms with E-state index in [1.54, 1.807) is 0 Å². The van der Waals surface area contributed by atoms with Crippen molar-refractivity contribution in [1.82, 2.24) is 20.3 Å². The lowest BCUT2D eigenvalue weighted by Gasteiger charge is -2.11. The average Bonchev–Trinajstić information content (AvgIpc) is 3.05. The van der Waals surface area contributed by atoms with Crippen LogP contribution < -0.4 is 5.32 Å². The zero-order valence-corrected chi connectivity index (χ0v) is 12.5. The topological polar surface area (TPSA) is 97.1 Å². The minimum atomic E-state index is -4.42. The summed E-state index contributed by atoms with van der Waals surface area (Å²) in [6, 6.07) is 0.302. The highest BCUT2D eigenvalue weighted by Crippen LogP contribution is 2.35. The molecule has 1 atom stereocenters. The molecule has 0 spiro atoms. The number of halogens is 3.